The highest BCUT2D eigenvalue weighted by Gasteiger charge is 2.10. The summed E-state index contributed by atoms with van der Waals surface area (Å²) in [6.45, 7) is 0. The van der Waals surface area contributed by atoms with Gasteiger partial charge in [-0.25, -0.2) is 9.97 Å². The van der Waals surface area contributed by atoms with Gasteiger partial charge in [-0.15, -0.1) is 0 Å². The molecule has 0 bridgehead atoms. The van der Waals surface area contributed by atoms with Gasteiger partial charge in [0.1, 0.15) is 11.5 Å². The van der Waals surface area contributed by atoms with Crippen molar-refractivity contribution in [3.63, 3.8) is 0 Å². The van der Waals surface area contributed by atoms with Crippen molar-refractivity contribution < 1.29 is 9.47 Å². The molecule has 1 aromatic heterocycles. The summed E-state index contributed by atoms with van der Waals surface area (Å²) in [5.74, 6) is 2.16. The van der Waals surface area contributed by atoms with Crippen LogP contribution < -0.4 is 20.5 Å². The number of nitrogens with one attached hydrogen (secondary N) is 1. The Morgan fingerprint density at radius 3 is 2.36 bits per heavy atom. The number of anilines is 3. The molecule has 0 saturated carbocycles. The molecule has 6 heteroatoms. The second-order valence-electron chi connectivity index (χ2n) is 4.64. The van der Waals surface area contributed by atoms with Gasteiger partial charge in [0.2, 0.25) is 0 Å². The number of hydrogen-bond acceptors (Lipinski definition) is 6. The number of nitrogens with zero attached hydrogens (tertiary/aromatic N) is 2. The zero-order valence-corrected chi connectivity index (χ0v) is 12.3. The van der Waals surface area contributed by atoms with E-state index in [9.17, 15) is 0 Å². The summed E-state index contributed by atoms with van der Waals surface area (Å²) in [6, 6.07) is 13.0. The predicted octanol–water partition coefficient (Wildman–Crippen LogP) is 2.97. The van der Waals surface area contributed by atoms with Gasteiger partial charge in [-0.3, -0.25) is 0 Å². The Morgan fingerprint density at radius 1 is 0.955 bits per heavy atom. The quantitative estimate of drug-likeness (QED) is 0.770. The Hall–Kier alpha value is -3.02. The van der Waals surface area contributed by atoms with Crippen molar-refractivity contribution in [2.24, 2.45) is 0 Å². The molecular formula is C16H16N4O2. The van der Waals surface area contributed by atoms with Crippen LogP contribution in [0.1, 0.15) is 0 Å². The Balaban J connectivity index is 2.01. The van der Waals surface area contributed by atoms with Crippen LogP contribution in [-0.2, 0) is 0 Å². The molecule has 22 heavy (non-hydrogen) atoms. The van der Waals surface area contributed by atoms with Gasteiger partial charge in [-0.1, -0.05) is 12.1 Å². The first-order valence-electron chi connectivity index (χ1n) is 6.72. The lowest BCUT2D eigenvalue weighted by atomic mass is 10.2. The van der Waals surface area contributed by atoms with E-state index in [4.69, 9.17) is 15.2 Å². The zero-order chi connectivity index (χ0) is 15.5. The summed E-state index contributed by atoms with van der Waals surface area (Å²) in [7, 11) is 3.20. The summed E-state index contributed by atoms with van der Waals surface area (Å²) in [5.41, 5.74) is 8.24. The lowest BCUT2D eigenvalue weighted by Gasteiger charge is -2.13. The second kappa shape index (κ2) is 5.77. The van der Waals surface area contributed by atoms with Crippen LogP contribution in [0.4, 0.5) is 17.3 Å². The fourth-order valence-electron chi connectivity index (χ4n) is 2.14. The number of rotatable bonds is 4. The van der Waals surface area contributed by atoms with E-state index in [1.807, 2.05) is 36.4 Å². The fourth-order valence-corrected chi connectivity index (χ4v) is 2.14. The van der Waals surface area contributed by atoms with Gasteiger partial charge in [0.15, 0.2) is 11.6 Å². The molecule has 0 aliphatic rings. The zero-order valence-electron chi connectivity index (χ0n) is 12.3. The molecule has 0 atom stereocenters. The smallest absolute Gasteiger partial charge is 0.174 e. The number of nitrogens with two attached hydrogens (primary N) is 1. The number of fused-ring (bicyclic) bond motifs is 1. The van der Waals surface area contributed by atoms with E-state index in [1.54, 1.807) is 20.3 Å². The molecule has 0 spiro atoms. The molecule has 0 amide bonds. The maximum absolute atomic E-state index is 5.98. The second-order valence-corrected chi connectivity index (χ2v) is 4.64. The molecule has 2 aromatic carbocycles. The third-order valence-electron chi connectivity index (χ3n) is 3.26. The molecule has 1 heterocycles. The van der Waals surface area contributed by atoms with Gasteiger partial charge in [-0.05, 0) is 24.3 Å². The number of ether oxygens (including phenoxy) is 2. The Morgan fingerprint density at radius 2 is 1.68 bits per heavy atom. The van der Waals surface area contributed by atoms with E-state index >= 15 is 0 Å². The summed E-state index contributed by atoms with van der Waals surface area (Å²) in [5, 5.41) is 3.16. The van der Waals surface area contributed by atoms with Crippen molar-refractivity contribution in [3.8, 4) is 11.5 Å². The third-order valence-corrected chi connectivity index (χ3v) is 3.26. The van der Waals surface area contributed by atoms with Crippen LogP contribution in [0.25, 0.3) is 11.0 Å². The van der Waals surface area contributed by atoms with Crippen LogP contribution >= 0.6 is 0 Å². The molecule has 3 aromatic rings. The van der Waals surface area contributed by atoms with E-state index in [-0.39, 0.29) is 0 Å². The van der Waals surface area contributed by atoms with Crippen LogP contribution in [-0.4, -0.2) is 24.2 Å². The molecule has 3 N–H and O–H groups in total. The number of methoxy groups -OCH3 is 2. The van der Waals surface area contributed by atoms with Crippen molar-refractivity contribution in [2.75, 3.05) is 25.3 Å². The number of hydrogen-bond donors (Lipinski definition) is 2. The van der Waals surface area contributed by atoms with E-state index in [0.717, 1.165) is 16.7 Å². The summed E-state index contributed by atoms with van der Waals surface area (Å²) >= 11 is 0. The Bertz CT molecular complexity index is 820. The lowest BCUT2D eigenvalue weighted by molar-refractivity contribution is 0.395. The molecule has 6 nitrogen and oxygen atoms in total. The minimum atomic E-state index is 0.330. The van der Waals surface area contributed by atoms with Gasteiger partial charge < -0.3 is 20.5 Å². The van der Waals surface area contributed by atoms with Crippen molar-refractivity contribution in [1.82, 2.24) is 9.97 Å². The third kappa shape index (κ3) is 2.58. The number of nitrogen functional groups attached to an aromatic ring is 1. The van der Waals surface area contributed by atoms with Crippen LogP contribution in [0, 0.1) is 0 Å². The number of para-hydroxylation sites is 2. The van der Waals surface area contributed by atoms with Crippen molar-refractivity contribution in [1.29, 1.82) is 0 Å². The Kier molecular flexibility index (Phi) is 3.65. The first-order chi connectivity index (χ1) is 10.7. The average Bonchev–Trinajstić information content (AvgIpc) is 2.55. The van der Waals surface area contributed by atoms with Gasteiger partial charge in [0.25, 0.3) is 0 Å². The van der Waals surface area contributed by atoms with Crippen LogP contribution in [0.15, 0.2) is 42.5 Å². The molecule has 0 aliphatic heterocycles. The molecule has 0 fully saturated rings. The highest BCUT2D eigenvalue weighted by Crippen LogP contribution is 2.32. The maximum atomic E-state index is 5.98. The van der Waals surface area contributed by atoms with Crippen molar-refractivity contribution in [2.45, 2.75) is 0 Å². The normalized spacial score (nSPS) is 10.5. The van der Waals surface area contributed by atoms with Gasteiger partial charge >= 0.3 is 0 Å². The van der Waals surface area contributed by atoms with Gasteiger partial charge in [0.05, 0.1) is 30.9 Å². The van der Waals surface area contributed by atoms with Crippen LogP contribution in [0.3, 0.4) is 0 Å². The number of aromatic nitrogens is 2. The summed E-state index contributed by atoms with van der Waals surface area (Å²) < 4.78 is 10.5. The van der Waals surface area contributed by atoms with E-state index in [0.29, 0.717) is 23.1 Å². The van der Waals surface area contributed by atoms with Crippen molar-refractivity contribution >= 4 is 28.4 Å². The average molecular weight is 296 g/mol. The van der Waals surface area contributed by atoms with E-state index in [1.165, 1.54) is 0 Å². The highest BCUT2D eigenvalue weighted by molar-refractivity contribution is 5.81. The molecule has 0 saturated heterocycles. The first kappa shape index (κ1) is 13.9. The van der Waals surface area contributed by atoms with E-state index < -0.39 is 0 Å². The SMILES string of the molecule is COc1ccc(Nc2nc3ccccc3nc2N)c(OC)c1. The summed E-state index contributed by atoms with van der Waals surface area (Å²) in [4.78, 5) is 8.85. The minimum Gasteiger partial charge on any atom is -0.497 e. The highest BCUT2D eigenvalue weighted by atomic mass is 16.5. The van der Waals surface area contributed by atoms with Crippen LogP contribution in [0.5, 0.6) is 11.5 Å². The summed E-state index contributed by atoms with van der Waals surface area (Å²) in [6.07, 6.45) is 0. The van der Waals surface area contributed by atoms with Gasteiger partial charge in [-0.2, -0.15) is 0 Å². The molecule has 112 valence electrons. The topological polar surface area (TPSA) is 82.3 Å². The molecule has 3 rings (SSSR count). The largest absolute Gasteiger partial charge is 0.497 e. The minimum absolute atomic E-state index is 0.330. The number of benzene rings is 2. The molecule has 0 radical (unpaired) electrons. The molecule has 0 unspecified atom stereocenters. The monoisotopic (exact) mass is 296 g/mol. The maximum Gasteiger partial charge on any atom is 0.174 e. The van der Waals surface area contributed by atoms with Gasteiger partial charge in [0, 0.05) is 6.07 Å². The Labute approximate surface area is 127 Å². The van der Waals surface area contributed by atoms with Crippen molar-refractivity contribution in [3.05, 3.63) is 42.5 Å². The molecular weight excluding hydrogens is 280 g/mol. The fraction of sp³-hybridized carbons (Fsp3) is 0.125. The standard InChI is InChI=1S/C16H16N4O2/c1-21-10-7-8-13(14(9-10)22-2)20-16-15(17)18-11-5-3-4-6-12(11)19-16/h3-9H,1-2H3,(H2,17,18)(H,19,20). The molecule has 0 aliphatic carbocycles. The predicted molar refractivity (Wildman–Crippen MR) is 86.8 cm³/mol. The first-order valence-corrected chi connectivity index (χ1v) is 6.72. The van der Waals surface area contributed by atoms with Crippen LogP contribution in [0.2, 0.25) is 0 Å². The van der Waals surface area contributed by atoms with E-state index in [2.05, 4.69) is 15.3 Å². The lowest BCUT2D eigenvalue weighted by Crippen LogP contribution is -2.03.